The first-order valence-corrected chi connectivity index (χ1v) is 9.05. The molecule has 134 valence electrons. The van der Waals surface area contributed by atoms with Crippen LogP contribution in [0.3, 0.4) is 0 Å². The summed E-state index contributed by atoms with van der Waals surface area (Å²) in [5.74, 6) is -0.257. The molecule has 0 saturated carbocycles. The summed E-state index contributed by atoms with van der Waals surface area (Å²) in [6, 6.07) is 11.5. The van der Waals surface area contributed by atoms with Crippen LogP contribution in [0.4, 0.5) is 4.39 Å². The summed E-state index contributed by atoms with van der Waals surface area (Å²) in [6.07, 6.45) is 0.656. The minimum absolute atomic E-state index is 0.00734. The molecule has 0 aliphatic heterocycles. The molecular formula is C17H18FNO5S. The number of carbonyl (C=O) groups is 1. The zero-order valence-corrected chi connectivity index (χ0v) is 14.2. The largest absolute Gasteiger partial charge is 0.490 e. The second-order valence-corrected chi connectivity index (χ2v) is 6.77. The van der Waals surface area contributed by atoms with Gasteiger partial charge in [0.05, 0.1) is 4.90 Å². The predicted octanol–water partition coefficient (Wildman–Crippen LogP) is 2.03. The van der Waals surface area contributed by atoms with Gasteiger partial charge in [-0.3, -0.25) is 4.79 Å². The Bertz CT molecular complexity index is 804. The molecule has 0 aromatic heterocycles. The maximum absolute atomic E-state index is 12.8. The van der Waals surface area contributed by atoms with E-state index in [-0.39, 0.29) is 36.3 Å². The maximum atomic E-state index is 12.8. The number of primary sulfonamides is 1. The molecule has 0 atom stereocenters. The van der Waals surface area contributed by atoms with Crippen molar-refractivity contribution in [2.75, 3.05) is 13.2 Å². The first-order chi connectivity index (χ1) is 11.8. The lowest BCUT2D eigenvalue weighted by molar-refractivity contribution is -0.144. The lowest BCUT2D eigenvalue weighted by atomic mass is 10.1. The van der Waals surface area contributed by atoms with E-state index < -0.39 is 10.0 Å². The van der Waals surface area contributed by atoms with Gasteiger partial charge in [-0.1, -0.05) is 12.1 Å². The van der Waals surface area contributed by atoms with Gasteiger partial charge in [0.25, 0.3) is 0 Å². The van der Waals surface area contributed by atoms with Crippen molar-refractivity contribution in [3.8, 4) is 5.75 Å². The van der Waals surface area contributed by atoms with Crippen molar-refractivity contribution < 1.29 is 27.1 Å². The fourth-order valence-electron chi connectivity index (χ4n) is 2.01. The highest BCUT2D eigenvalue weighted by atomic mass is 32.2. The van der Waals surface area contributed by atoms with Gasteiger partial charge in [0.15, 0.2) is 0 Å². The minimum atomic E-state index is -3.73. The lowest BCUT2D eigenvalue weighted by Gasteiger charge is -2.08. The summed E-state index contributed by atoms with van der Waals surface area (Å²) in [7, 11) is -3.73. The van der Waals surface area contributed by atoms with Gasteiger partial charge < -0.3 is 9.47 Å². The SMILES string of the molecule is NS(=O)(=O)c1ccc(OCCOC(=O)CCc2ccc(F)cc2)cc1. The van der Waals surface area contributed by atoms with Crippen LogP contribution in [0.15, 0.2) is 53.4 Å². The third-order valence-electron chi connectivity index (χ3n) is 3.30. The molecule has 2 rings (SSSR count). The molecule has 0 fully saturated rings. The van der Waals surface area contributed by atoms with E-state index in [4.69, 9.17) is 14.6 Å². The van der Waals surface area contributed by atoms with Crippen molar-refractivity contribution in [2.24, 2.45) is 5.14 Å². The van der Waals surface area contributed by atoms with Crippen molar-refractivity contribution in [3.63, 3.8) is 0 Å². The van der Waals surface area contributed by atoms with Crippen LogP contribution >= 0.6 is 0 Å². The van der Waals surface area contributed by atoms with Crippen LogP contribution in [0.5, 0.6) is 5.75 Å². The van der Waals surface area contributed by atoms with Crippen molar-refractivity contribution in [3.05, 3.63) is 59.9 Å². The smallest absolute Gasteiger partial charge is 0.306 e. The Balaban J connectivity index is 1.66. The average molecular weight is 367 g/mol. The summed E-state index contributed by atoms with van der Waals surface area (Å²) >= 11 is 0. The number of benzene rings is 2. The molecule has 0 bridgehead atoms. The van der Waals surface area contributed by atoms with Crippen LogP contribution < -0.4 is 9.88 Å². The van der Waals surface area contributed by atoms with E-state index in [0.29, 0.717) is 12.2 Å². The van der Waals surface area contributed by atoms with Gasteiger partial charge in [0.1, 0.15) is 24.8 Å². The number of nitrogens with two attached hydrogens (primary N) is 1. The molecule has 25 heavy (non-hydrogen) atoms. The number of rotatable bonds is 8. The number of carbonyl (C=O) groups excluding carboxylic acids is 1. The van der Waals surface area contributed by atoms with Crippen LogP contribution in [0.1, 0.15) is 12.0 Å². The van der Waals surface area contributed by atoms with Crippen molar-refractivity contribution in [1.82, 2.24) is 0 Å². The molecule has 0 aliphatic carbocycles. The van der Waals surface area contributed by atoms with E-state index in [9.17, 15) is 17.6 Å². The van der Waals surface area contributed by atoms with Crippen molar-refractivity contribution in [1.29, 1.82) is 0 Å². The third kappa shape index (κ3) is 6.52. The Kier molecular flexibility index (Phi) is 6.49. The summed E-state index contributed by atoms with van der Waals surface area (Å²) in [4.78, 5) is 11.6. The second kappa shape index (κ2) is 8.59. The normalized spacial score (nSPS) is 11.1. The average Bonchev–Trinajstić information content (AvgIpc) is 2.58. The topological polar surface area (TPSA) is 95.7 Å². The van der Waals surface area contributed by atoms with Gasteiger partial charge in [-0.15, -0.1) is 0 Å². The molecule has 0 aliphatic rings. The van der Waals surface area contributed by atoms with E-state index in [1.807, 2.05) is 0 Å². The summed E-state index contributed by atoms with van der Waals surface area (Å²) in [5.41, 5.74) is 0.851. The van der Waals surface area contributed by atoms with Gasteiger partial charge >= 0.3 is 5.97 Å². The molecule has 0 spiro atoms. The third-order valence-corrected chi connectivity index (χ3v) is 4.23. The highest BCUT2D eigenvalue weighted by Crippen LogP contribution is 2.14. The number of hydrogen-bond donors (Lipinski definition) is 1. The molecule has 0 unspecified atom stereocenters. The number of sulfonamides is 1. The highest BCUT2D eigenvalue weighted by Gasteiger charge is 2.07. The molecule has 2 N–H and O–H groups in total. The number of aryl methyl sites for hydroxylation is 1. The van der Waals surface area contributed by atoms with Crippen molar-refractivity contribution in [2.45, 2.75) is 17.7 Å². The van der Waals surface area contributed by atoms with Gasteiger partial charge in [0, 0.05) is 6.42 Å². The van der Waals surface area contributed by atoms with Crippen molar-refractivity contribution >= 4 is 16.0 Å². The van der Waals surface area contributed by atoms with E-state index in [2.05, 4.69) is 0 Å². The number of ether oxygens (including phenoxy) is 2. The van der Waals surface area contributed by atoms with E-state index >= 15 is 0 Å². The van der Waals surface area contributed by atoms with Gasteiger partial charge in [-0.2, -0.15) is 0 Å². The molecule has 0 amide bonds. The summed E-state index contributed by atoms with van der Waals surface area (Å²) in [5, 5.41) is 5.00. The Morgan fingerprint density at radius 2 is 1.64 bits per heavy atom. The molecular weight excluding hydrogens is 349 g/mol. The maximum Gasteiger partial charge on any atom is 0.306 e. The number of hydrogen-bond acceptors (Lipinski definition) is 5. The van der Waals surface area contributed by atoms with Crippen LogP contribution in [0.2, 0.25) is 0 Å². The molecule has 8 heteroatoms. The highest BCUT2D eigenvalue weighted by molar-refractivity contribution is 7.89. The van der Waals surface area contributed by atoms with E-state index in [1.165, 1.54) is 36.4 Å². The number of esters is 1. The molecule has 2 aromatic carbocycles. The first-order valence-electron chi connectivity index (χ1n) is 7.50. The van der Waals surface area contributed by atoms with Crippen LogP contribution in [-0.2, 0) is 26.0 Å². The lowest BCUT2D eigenvalue weighted by Crippen LogP contribution is -2.13. The van der Waals surface area contributed by atoms with Crippen LogP contribution in [-0.4, -0.2) is 27.6 Å². The Morgan fingerprint density at radius 3 is 2.24 bits per heavy atom. The predicted molar refractivity (Wildman–Crippen MR) is 89.0 cm³/mol. The quantitative estimate of drug-likeness (QED) is 0.569. The molecule has 6 nitrogen and oxygen atoms in total. The second-order valence-electron chi connectivity index (χ2n) is 5.21. The zero-order chi connectivity index (χ0) is 18.3. The van der Waals surface area contributed by atoms with Gasteiger partial charge in [0.2, 0.25) is 10.0 Å². The number of halogens is 1. The van der Waals surface area contributed by atoms with Crippen LogP contribution in [0.25, 0.3) is 0 Å². The van der Waals surface area contributed by atoms with Crippen LogP contribution in [0, 0.1) is 5.82 Å². The standard InChI is InChI=1S/C17H18FNO5S/c18-14-4-1-13(2-5-14)3-10-17(20)24-12-11-23-15-6-8-16(9-7-15)25(19,21)22/h1-2,4-9H,3,10-12H2,(H2,19,21,22). The molecule has 0 saturated heterocycles. The van der Waals surface area contributed by atoms with Gasteiger partial charge in [-0.05, 0) is 48.4 Å². The Morgan fingerprint density at radius 1 is 1.00 bits per heavy atom. The molecule has 0 heterocycles. The molecule has 2 aromatic rings. The summed E-state index contributed by atoms with van der Waals surface area (Å²) in [6.45, 7) is 0.205. The fraction of sp³-hybridized carbons (Fsp3) is 0.235. The molecule has 0 radical (unpaired) electrons. The summed E-state index contributed by atoms with van der Waals surface area (Å²) < 4.78 is 45.4. The van der Waals surface area contributed by atoms with E-state index in [0.717, 1.165) is 5.56 Å². The fourth-order valence-corrected chi connectivity index (χ4v) is 2.53. The first kappa shape index (κ1) is 18.9. The Hall–Kier alpha value is -2.45. The minimum Gasteiger partial charge on any atom is -0.490 e. The Labute approximate surface area is 145 Å². The van der Waals surface area contributed by atoms with E-state index in [1.54, 1.807) is 12.1 Å². The zero-order valence-electron chi connectivity index (χ0n) is 13.4. The monoisotopic (exact) mass is 367 g/mol. The van der Waals surface area contributed by atoms with Gasteiger partial charge in [-0.25, -0.2) is 17.9 Å².